The minimum Gasteiger partial charge on any atom is -0.491 e. The number of rotatable bonds is 8. The Labute approximate surface area is 247 Å². The first-order valence-corrected chi connectivity index (χ1v) is 14.3. The molecular formula is C32H26ClN5O2S. The number of nitrogens with zero attached hydrogens (tertiary/aromatic N) is 4. The summed E-state index contributed by atoms with van der Waals surface area (Å²) < 4.78 is 8.35. The fourth-order valence-corrected chi connectivity index (χ4v) is 6.24. The smallest absolute Gasteiger partial charge is 0.283 e. The normalized spacial score (nSPS) is 15.8. The number of hydrogen-bond donors (Lipinski definition) is 1. The van der Waals surface area contributed by atoms with Crippen molar-refractivity contribution in [2.75, 3.05) is 6.61 Å². The molecule has 6 rings (SSSR count). The highest BCUT2D eigenvalue weighted by Crippen LogP contribution is 2.34. The second-order valence-corrected chi connectivity index (χ2v) is 10.9. The van der Waals surface area contributed by atoms with Crippen molar-refractivity contribution in [3.8, 4) is 5.75 Å². The van der Waals surface area contributed by atoms with Gasteiger partial charge in [-0.05, 0) is 54.9 Å². The number of ether oxygens (including phenoxy) is 1. The minimum absolute atomic E-state index is 0.0204. The van der Waals surface area contributed by atoms with Crippen molar-refractivity contribution in [3.63, 3.8) is 0 Å². The number of benzene rings is 3. The Bertz CT molecular complexity index is 1820. The van der Waals surface area contributed by atoms with Crippen LogP contribution in [0.4, 0.5) is 0 Å². The molecule has 41 heavy (non-hydrogen) atoms. The molecule has 0 bridgehead atoms. The molecule has 0 saturated carbocycles. The van der Waals surface area contributed by atoms with Crippen LogP contribution < -0.4 is 4.74 Å². The van der Waals surface area contributed by atoms with Gasteiger partial charge < -0.3 is 9.30 Å². The van der Waals surface area contributed by atoms with E-state index in [1.54, 1.807) is 12.1 Å². The van der Waals surface area contributed by atoms with Crippen molar-refractivity contribution in [2.24, 2.45) is 10.1 Å². The Kier molecular flexibility index (Phi) is 7.34. The number of hydrogen-bond acceptors (Lipinski definition) is 5. The molecule has 0 saturated heterocycles. The number of carbonyl (C=O) groups is 1. The highest BCUT2D eigenvalue weighted by Gasteiger charge is 2.36. The first-order chi connectivity index (χ1) is 20.0. The third-order valence-electron chi connectivity index (χ3n) is 7.04. The zero-order valence-electron chi connectivity index (χ0n) is 22.3. The van der Waals surface area contributed by atoms with Crippen molar-refractivity contribution < 1.29 is 9.53 Å². The largest absolute Gasteiger partial charge is 0.491 e. The van der Waals surface area contributed by atoms with Crippen LogP contribution in [-0.4, -0.2) is 38.1 Å². The number of aromatic nitrogens is 1. The van der Waals surface area contributed by atoms with Gasteiger partial charge in [-0.25, -0.2) is 0 Å². The highest BCUT2D eigenvalue weighted by molar-refractivity contribution is 8.27. The molecule has 7 nitrogen and oxygen atoms in total. The highest BCUT2D eigenvalue weighted by atomic mass is 35.5. The van der Waals surface area contributed by atoms with Crippen LogP contribution in [0.15, 0.2) is 101 Å². The van der Waals surface area contributed by atoms with E-state index in [2.05, 4.69) is 27.3 Å². The summed E-state index contributed by atoms with van der Waals surface area (Å²) in [4.78, 5) is 17.4. The summed E-state index contributed by atoms with van der Waals surface area (Å²) in [5.74, 6) is 0.356. The summed E-state index contributed by atoms with van der Waals surface area (Å²) in [5.41, 5.74) is 4.86. The molecule has 204 valence electrons. The zero-order chi connectivity index (χ0) is 28.5. The molecule has 0 fully saturated rings. The maximum atomic E-state index is 13.2. The average molecular weight is 580 g/mol. The maximum Gasteiger partial charge on any atom is 0.283 e. The lowest BCUT2D eigenvalue weighted by molar-refractivity contribution is -0.114. The van der Waals surface area contributed by atoms with E-state index in [9.17, 15) is 4.79 Å². The van der Waals surface area contributed by atoms with Crippen LogP contribution in [0.25, 0.3) is 17.0 Å². The van der Waals surface area contributed by atoms with Gasteiger partial charge in [0, 0.05) is 27.7 Å². The van der Waals surface area contributed by atoms with E-state index >= 15 is 0 Å². The molecule has 1 aromatic heterocycles. The van der Waals surface area contributed by atoms with E-state index < -0.39 is 5.91 Å². The number of nitrogens with one attached hydrogen (secondary N) is 1. The number of amides is 1. The Balaban J connectivity index is 1.31. The molecule has 1 N–H and O–H groups in total. The number of halogens is 1. The maximum absolute atomic E-state index is 13.2. The summed E-state index contributed by atoms with van der Waals surface area (Å²) in [5, 5.41) is 17.3. The number of fused-ring (bicyclic) bond motifs is 2. The fourth-order valence-electron chi connectivity index (χ4n) is 5.02. The number of carbonyl (C=O) groups excluding carboxylic acids is 1. The Morgan fingerprint density at radius 2 is 1.83 bits per heavy atom. The summed E-state index contributed by atoms with van der Waals surface area (Å²) >= 11 is 7.60. The van der Waals surface area contributed by atoms with Crippen LogP contribution in [0.3, 0.4) is 0 Å². The third-order valence-corrected chi connectivity index (χ3v) is 8.31. The van der Waals surface area contributed by atoms with Crippen LogP contribution in [0.1, 0.15) is 22.4 Å². The van der Waals surface area contributed by atoms with Crippen LogP contribution in [-0.2, 0) is 17.8 Å². The summed E-state index contributed by atoms with van der Waals surface area (Å²) in [6.07, 6.45) is 4.36. The van der Waals surface area contributed by atoms with Crippen molar-refractivity contribution in [1.29, 1.82) is 5.41 Å². The Morgan fingerprint density at radius 1 is 1.07 bits per heavy atom. The molecule has 9 heteroatoms. The SMILES string of the molecule is C=CCc1ccccc1OCCn1c(C)c(/C=C2\C(=N)N3N=C(c4ccccc4Cl)SC3=NC2=O)c2ccccc21. The zero-order valence-corrected chi connectivity index (χ0v) is 23.9. The minimum atomic E-state index is -0.470. The lowest BCUT2D eigenvalue weighted by atomic mass is 10.1. The second kappa shape index (κ2) is 11.2. The van der Waals surface area contributed by atoms with Gasteiger partial charge >= 0.3 is 0 Å². The second-order valence-electron chi connectivity index (χ2n) is 9.52. The van der Waals surface area contributed by atoms with E-state index in [0.717, 1.165) is 45.5 Å². The van der Waals surface area contributed by atoms with E-state index in [-0.39, 0.29) is 11.4 Å². The number of para-hydroxylation sites is 2. The molecule has 0 unspecified atom stereocenters. The molecule has 2 aliphatic rings. The van der Waals surface area contributed by atoms with Crippen molar-refractivity contribution in [1.82, 2.24) is 9.58 Å². The number of aliphatic imine (C=N–C) groups is 1. The fraction of sp³-hybridized carbons (Fsp3) is 0.125. The van der Waals surface area contributed by atoms with Gasteiger partial charge in [0.15, 0.2) is 5.84 Å². The quantitative estimate of drug-likeness (QED) is 0.179. The van der Waals surface area contributed by atoms with Crippen LogP contribution in [0, 0.1) is 12.3 Å². The predicted molar refractivity (Wildman–Crippen MR) is 168 cm³/mol. The van der Waals surface area contributed by atoms with E-state index in [0.29, 0.717) is 28.4 Å². The van der Waals surface area contributed by atoms with Crippen LogP contribution in [0.2, 0.25) is 5.02 Å². The lowest BCUT2D eigenvalue weighted by Gasteiger charge is -2.20. The van der Waals surface area contributed by atoms with Crippen LogP contribution >= 0.6 is 23.4 Å². The van der Waals surface area contributed by atoms with Gasteiger partial charge in [-0.2, -0.15) is 15.1 Å². The van der Waals surface area contributed by atoms with Crippen LogP contribution in [0.5, 0.6) is 5.75 Å². The van der Waals surface area contributed by atoms with Gasteiger partial charge in [-0.1, -0.05) is 72.3 Å². The molecule has 3 heterocycles. The molecule has 3 aromatic carbocycles. The number of amidine groups is 2. The molecular weight excluding hydrogens is 554 g/mol. The predicted octanol–water partition coefficient (Wildman–Crippen LogP) is 7.08. The van der Waals surface area contributed by atoms with E-state index in [1.165, 1.54) is 16.8 Å². The van der Waals surface area contributed by atoms with E-state index in [4.69, 9.17) is 21.7 Å². The first-order valence-electron chi connectivity index (χ1n) is 13.1. The van der Waals surface area contributed by atoms with Crippen molar-refractivity contribution in [3.05, 3.63) is 118 Å². The van der Waals surface area contributed by atoms with Gasteiger partial charge in [0.25, 0.3) is 5.91 Å². The number of thioether (sulfide) groups is 1. The average Bonchev–Trinajstić information content (AvgIpc) is 3.51. The molecule has 0 atom stereocenters. The van der Waals surface area contributed by atoms with Gasteiger partial charge in [-0.3, -0.25) is 10.2 Å². The van der Waals surface area contributed by atoms with Gasteiger partial charge in [-0.15, -0.1) is 6.58 Å². The van der Waals surface area contributed by atoms with Gasteiger partial charge in [0.05, 0.1) is 17.1 Å². The van der Waals surface area contributed by atoms with E-state index in [1.807, 2.05) is 73.7 Å². The number of allylic oxidation sites excluding steroid dienone is 1. The van der Waals surface area contributed by atoms with Gasteiger partial charge in [0.1, 0.15) is 17.4 Å². The summed E-state index contributed by atoms with van der Waals surface area (Å²) in [7, 11) is 0. The molecule has 4 aromatic rings. The summed E-state index contributed by atoms with van der Waals surface area (Å²) in [6, 6.07) is 23.4. The first kappa shape index (κ1) is 26.8. The molecule has 0 spiro atoms. The Hall–Kier alpha value is -4.40. The van der Waals surface area contributed by atoms with Gasteiger partial charge in [0.2, 0.25) is 5.17 Å². The lowest BCUT2D eigenvalue weighted by Crippen LogP contribution is -2.35. The molecule has 0 aliphatic carbocycles. The number of hydrazone groups is 1. The summed E-state index contributed by atoms with van der Waals surface area (Å²) in [6.45, 7) is 6.94. The standard InChI is InChI=1S/C32H26ClN5O2S/c1-3-10-21-11-4-9-16-28(21)40-18-17-37-20(2)24(22-12-6-8-15-27(22)37)19-25-29(34)38-32(35-30(25)39)41-31(36-38)23-13-5-7-14-26(23)33/h3-9,11-16,19,34H,1,10,17-18H2,2H3/b25-19+,34-29?. The molecule has 2 aliphatic heterocycles. The molecule has 1 amide bonds. The van der Waals surface area contributed by atoms with Crippen molar-refractivity contribution in [2.45, 2.75) is 19.9 Å². The van der Waals surface area contributed by atoms with Crippen molar-refractivity contribution >= 4 is 62.3 Å². The molecule has 0 radical (unpaired) electrons. The topological polar surface area (TPSA) is 83.0 Å². The third kappa shape index (κ3) is 5.01. The Morgan fingerprint density at radius 3 is 2.66 bits per heavy atom. The monoisotopic (exact) mass is 579 g/mol.